The second-order valence-corrected chi connectivity index (χ2v) is 4.99. The molecule has 3 rings (SSSR count). The summed E-state index contributed by atoms with van der Waals surface area (Å²) in [5.41, 5.74) is 2.71. The van der Waals surface area contributed by atoms with E-state index in [1.165, 1.54) is 11.1 Å². The van der Waals surface area contributed by atoms with Crippen LogP contribution < -0.4 is 0 Å². The summed E-state index contributed by atoms with van der Waals surface area (Å²) in [5, 5.41) is 9.30. The number of allylic oxidation sites excluding steroid dienone is 3. The van der Waals surface area contributed by atoms with Crippen molar-refractivity contribution in [1.82, 2.24) is 0 Å². The van der Waals surface area contributed by atoms with Crippen molar-refractivity contribution in [1.29, 1.82) is 0 Å². The topological polar surface area (TPSA) is 20.2 Å². The molecule has 0 heterocycles. The maximum absolute atomic E-state index is 9.30. The first kappa shape index (κ1) is 9.71. The molecule has 16 heavy (non-hydrogen) atoms. The van der Waals surface area contributed by atoms with Gasteiger partial charge in [0.15, 0.2) is 0 Å². The van der Waals surface area contributed by atoms with Gasteiger partial charge in [-0.2, -0.15) is 0 Å². The maximum Gasteiger partial charge on any atom is 0.115 e. The molecule has 1 aromatic rings. The van der Waals surface area contributed by atoms with Gasteiger partial charge in [-0.15, -0.1) is 0 Å². The first-order valence-corrected chi connectivity index (χ1v) is 5.88. The fourth-order valence-corrected chi connectivity index (χ4v) is 3.12. The van der Waals surface area contributed by atoms with Gasteiger partial charge in [0.2, 0.25) is 0 Å². The predicted molar refractivity (Wildman–Crippen MR) is 65.3 cm³/mol. The third-order valence-corrected chi connectivity index (χ3v) is 3.90. The Labute approximate surface area is 96.1 Å². The van der Waals surface area contributed by atoms with Crippen LogP contribution in [-0.4, -0.2) is 5.11 Å². The van der Waals surface area contributed by atoms with E-state index in [0.717, 1.165) is 12.8 Å². The molecule has 82 valence electrons. The molecule has 1 N–H and O–H groups in total. The van der Waals surface area contributed by atoms with Crippen LogP contribution in [0, 0.1) is 11.8 Å². The molecular formula is C15H16O. The zero-order chi connectivity index (χ0) is 11.1. The van der Waals surface area contributed by atoms with Crippen molar-refractivity contribution < 1.29 is 5.11 Å². The van der Waals surface area contributed by atoms with Crippen LogP contribution in [0.1, 0.15) is 24.3 Å². The minimum Gasteiger partial charge on any atom is -0.508 e. The summed E-state index contributed by atoms with van der Waals surface area (Å²) in [4.78, 5) is 0. The number of phenols is 1. The van der Waals surface area contributed by atoms with Gasteiger partial charge in [0, 0.05) is 5.92 Å². The molecular weight excluding hydrogens is 196 g/mol. The van der Waals surface area contributed by atoms with Gasteiger partial charge in [-0.05, 0) is 42.4 Å². The van der Waals surface area contributed by atoms with Gasteiger partial charge in [0.05, 0.1) is 0 Å². The van der Waals surface area contributed by atoms with Crippen LogP contribution in [0.4, 0.5) is 0 Å². The van der Waals surface area contributed by atoms with Gasteiger partial charge in [-0.3, -0.25) is 0 Å². The second kappa shape index (κ2) is 3.51. The molecule has 0 radical (unpaired) electrons. The zero-order valence-electron chi connectivity index (χ0n) is 9.26. The Hall–Kier alpha value is -1.50. The minimum atomic E-state index is 0.345. The third-order valence-electron chi connectivity index (χ3n) is 3.90. The van der Waals surface area contributed by atoms with E-state index < -0.39 is 0 Å². The Morgan fingerprint density at radius 1 is 1.06 bits per heavy atom. The van der Waals surface area contributed by atoms with Crippen LogP contribution in [0.5, 0.6) is 5.75 Å². The lowest BCUT2D eigenvalue weighted by Crippen LogP contribution is -2.08. The molecule has 3 unspecified atom stereocenters. The SMILES string of the molecule is C=C1CC2C=CC(c3ccc(O)cc3)C2C1. The van der Waals surface area contributed by atoms with E-state index in [0.29, 0.717) is 23.5 Å². The summed E-state index contributed by atoms with van der Waals surface area (Å²) >= 11 is 0. The van der Waals surface area contributed by atoms with Gasteiger partial charge >= 0.3 is 0 Å². The van der Waals surface area contributed by atoms with Crippen LogP contribution in [-0.2, 0) is 0 Å². The number of hydrogen-bond acceptors (Lipinski definition) is 1. The van der Waals surface area contributed by atoms with E-state index in [9.17, 15) is 5.11 Å². The highest BCUT2D eigenvalue weighted by molar-refractivity contribution is 5.35. The van der Waals surface area contributed by atoms with Crippen molar-refractivity contribution >= 4 is 0 Å². The molecule has 2 aliphatic carbocycles. The van der Waals surface area contributed by atoms with E-state index in [2.05, 4.69) is 18.7 Å². The molecule has 0 bridgehead atoms. The Kier molecular flexibility index (Phi) is 2.13. The smallest absolute Gasteiger partial charge is 0.115 e. The summed E-state index contributed by atoms with van der Waals surface area (Å²) in [6.07, 6.45) is 6.99. The van der Waals surface area contributed by atoms with Gasteiger partial charge in [0.1, 0.15) is 5.75 Å². The summed E-state index contributed by atoms with van der Waals surface area (Å²) in [6.45, 7) is 4.11. The van der Waals surface area contributed by atoms with Gasteiger partial charge in [-0.1, -0.05) is 36.4 Å². The van der Waals surface area contributed by atoms with Crippen LogP contribution in [0.25, 0.3) is 0 Å². The van der Waals surface area contributed by atoms with E-state index in [1.807, 2.05) is 12.1 Å². The monoisotopic (exact) mass is 212 g/mol. The molecule has 1 saturated carbocycles. The second-order valence-electron chi connectivity index (χ2n) is 4.99. The fraction of sp³-hybridized carbons (Fsp3) is 0.333. The van der Waals surface area contributed by atoms with Crippen molar-refractivity contribution in [3.8, 4) is 5.75 Å². The molecule has 1 heteroatoms. The first-order chi connectivity index (χ1) is 7.74. The molecule has 0 aromatic heterocycles. The molecule has 1 nitrogen and oxygen atoms in total. The summed E-state index contributed by atoms with van der Waals surface area (Å²) in [7, 11) is 0. The van der Waals surface area contributed by atoms with Crippen molar-refractivity contribution in [2.24, 2.45) is 11.8 Å². The van der Waals surface area contributed by atoms with Crippen molar-refractivity contribution in [2.75, 3.05) is 0 Å². The van der Waals surface area contributed by atoms with Crippen molar-refractivity contribution in [3.63, 3.8) is 0 Å². The predicted octanol–water partition coefficient (Wildman–Crippen LogP) is 3.63. The van der Waals surface area contributed by atoms with E-state index in [4.69, 9.17) is 0 Å². The Balaban J connectivity index is 1.89. The van der Waals surface area contributed by atoms with Gasteiger partial charge in [0.25, 0.3) is 0 Å². The molecule has 0 amide bonds. The molecule has 0 aliphatic heterocycles. The third kappa shape index (κ3) is 1.47. The fourth-order valence-electron chi connectivity index (χ4n) is 3.12. The van der Waals surface area contributed by atoms with Crippen molar-refractivity contribution in [3.05, 3.63) is 54.1 Å². The van der Waals surface area contributed by atoms with Gasteiger partial charge < -0.3 is 5.11 Å². The lowest BCUT2D eigenvalue weighted by atomic mass is 9.85. The van der Waals surface area contributed by atoms with Crippen LogP contribution in [0.2, 0.25) is 0 Å². The largest absolute Gasteiger partial charge is 0.508 e. The van der Waals surface area contributed by atoms with E-state index in [-0.39, 0.29) is 0 Å². The highest BCUT2D eigenvalue weighted by Gasteiger charge is 2.37. The quantitative estimate of drug-likeness (QED) is 0.705. The summed E-state index contributed by atoms with van der Waals surface area (Å²) < 4.78 is 0. The van der Waals surface area contributed by atoms with Crippen LogP contribution in [0.3, 0.4) is 0 Å². The lowest BCUT2D eigenvalue weighted by Gasteiger charge is -2.18. The molecule has 2 aliphatic rings. The number of rotatable bonds is 1. The van der Waals surface area contributed by atoms with E-state index >= 15 is 0 Å². The van der Waals surface area contributed by atoms with E-state index in [1.54, 1.807) is 12.1 Å². The Morgan fingerprint density at radius 3 is 2.56 bits per heavy atom. The van der Waals surface area contributed by atoms with Crippen molar-refractivity contribution in [2.45, 2.75) is 18.8 Å². The number of hydrogen-bond donors (Lipinski definition) is 1. The average Bonchev–Trinajstić information content (AvgIpc) is 2.78. The van der Waals surface area contributed by atoms with Gasteiger partial charge in [-0.25, -0.2) is 0 Å². The maximum atomic E-state index is 9.30. The van der Waals surface area contributed by atoms with Crippen LogP contribution in [0.15, 0.2) is 48.6 Å². The highest BCUT2D eigenvalue weighted by atomic mass is 16.3. The normalized spacial score (nSPS) is 32.0. The lowest BCUT2D eigenvalue weighted by molar-refractivity contribution is 0.449. The molecule has 0 spiro atoms. The number of benzene rings is 1. The number of phenolic OH excluding ortho intramolecular Hbond substituents is 1. The number of aromatic hydroxyl groups is 1. The summed E-state index contributed by atoms with van der Waals surface area (Å²) in [6, 6.07) is 7.63. The molecule has 1 aromatic carbocycles. The average molecular weight is 212 g/mol. The first-order valence-electron chi connectivity index (χ1n) is 5.88. The standard InChI is InChI=1S/C15H16O/c1-10-8-12-4-7-14(15(12)9-10)11-2-5-13(16)6-3-11/h2-7,12,14-16H,1,8-9H2. The highest BCUT2D eigenvalue weighted by Crippen LogP contribution is 2.49. The minimum absolute atomic E-state index is 0.345. The zero-order valence-corrected chi connectivity index (χ0v) is 9.26. The molecule has 3 atom stereocenters. The molecule has 0 saturated heterocycles. The Bertz CT molecular complexity index is 441. The Morgan fingerprint density at radius 2 is 1.81 bits per heavy atom. The van der Waals surface area contributed by atoms with Crippen LogP contribution >= 0.6 is 0 Å². The molecule has 1 fully saturated rings. The summed E-state index contributed by atoms with van der Waals surface area (Å²) in [5.74, 6) is 2.27. The number of fused-ring (bicyclic) bond motifs is 1.